The molecule has 6 rings (SSSR count). The van der Waals surface area contributed by atoms with Gasteiger partial charge < -0.3 is 15.9 Å². The smallest absolute Gasteiger partial charge is 0.161 e. The maximum atomic E-state index is 10.3. The second-order valence-corrected chi connectivity index (χ2v) is 8.82. The van der Waals surface area contributed by atoms with Crippen LogP contribution in [0.3, 0.4) is 0 Å². The summed E-state index contributed by atoms with van der Waals surface area (Å²) in [4.78, 5) is 0. The number of allylic oxidation sites excluding steroid dienone is 1. The van der Waals surface area contributed by atoms with Crippen molar-refractivity contribution < 1.29 is 10.2 Å². The molecule has 0 aromatic heterocycles. The van der Waals surface area contributed by atoms with Crippen molar-refractivity contribution in [2.45, 2.75) is 51.4 Å². The van der Waals surface area contributed by atoms with Gasteiger partial charge in [0.2, 0.25) is 0 Å². The van der Waals surface area contributed by atoms with Gasteiger partial charge in [-0.2, -0.15) is 0 Å². The predicted molar refractivity (Wildman–Crippen MR) is 94.7 cm³/mol. The second kappa shape index (κ2) is 5.01. The zero-order chi connectivity index (χ0) is 16.5. The first-order valence-corrected chi connectivity index (χ1v) is 9.56. The van der Waals surface area contributed by atoms with E-state index < -0.39 is 0 Å². The number of hydrogen-bond acceptors (Lipinski definition) is 3. The Kier molecular flexibility index (Phi) is 3.10. The first-order valence-electron chi connectivity index (χ1n) is 9.56. The van der Waals surface area contributed by atoms with Crippen LogP contribution in [0.15, 0.2) is 17.7 Å². The molecule has 0 radical (unpaired) electrons. The maximum Gasteiger partial charge on any atom is 0.161 e. The van der Waals surface area contributed by atoms with Crippen LogP contribution in [0, 0.1) is 23.2 Å². The van der Waals surface area contributed by atoms with E-state index >= 15 is 0 Å². The summed E-state index contributed by atoms with van der Waals surface area (Å²) < 4.78 is 0. The fraction of sp³-hybridized carbons (Fsp3) is 0.619. The topological polar surface area (TPSA) is 66.5 Å². The Morgan fingerprint density at radius 3 is 2.17 bits per heavy atom. The molecule has 1 aromatic rings. The van der Waals surface area contributed by atoms with Gasteiger partial charge in [0.25, 0.3) is 0 Å². The molecule has 4 bridgehead atoms. The molecule has 0 atom stereocenters. The molecule has 3 heteroatoms. The third-order valence-corrected chi connectivity index (χ3v) is 7.46. The minimum atomic E-state index is -0.0108. The van der Waals surface area contributed by atoms with E-state index in [9.17, 15) is 10.2 Å². The van der Waals surface area contributed by atoms with Crippen molar-refractivity contribution in [2.24, 2.45) is 28.9 Å². The zero-order valence-electron chi connectivity index (χ0n) is 14.2. The highest BCUT2D eigenvalue weighted by Gasteiger charge is 2.53. The van der Waals surface area contributed by atoms with Crippen molar-refractivity contribution in [1.82, 2.24) is 0 Å². The molecule has 0 heterocycles. The maximum absolute atomic E-state index is 10.3. The van der Waals surface area contributed by atoms with E-state index in [2.05, 4.69) is 0 Å². The first-order chi connectivity index (χ1) is 11.6. The predicted octanol–water partition coefficient (Wildman–Crippen LogP) is 3.97. The van der Waals surface area contributed by atoms with Crippen molar-refractivity contribution in [3.63, 3.8) is 0 Å². The van der Waals surface area contributed by atoms with E-state index in [1.165, 1.54) is 44.1 Å². The lowest BCUT2D eigenvalue weighted by atomic mass is 9.46. The van der Waals surface area contributed by atoms with Gasteiger partial charge in [-0.15, -0.1) is 0 Å². The number of fused-ring (bicyclic) bond motifs is 1. The normalized spacial score (nSPS) is 37.0. The number of benzene rings is 1. The van der Waals surface area contributed by atoms with Gasteiger partial charge in [-0.25, -0.2) is 0 Å². The van der Waals surface area contributed by atoms with E-state index in [1.54, 1.807) is 11.6 Å². The van der Waals surface area contributed by atoms with Gasteiger partial charge in [-0.3, -0.25) is 0 Å². The fourth-order valence-electron chi connectivity index (χ4n) is 7.02. The summed E-state index contributed by atoms with van der Waals surface area (Å²) in [5, 5.41) is 20.1. The molecule has 4 fully saturated rings. The van der Waals surface area contributed by atoms with Crippen LogP contribution in [-0.4, -0.2) is 16.8 Å². The summed E-state index contributed by atoms with van der Waals surface area (Å²) in [7, 11) is 0. The summed E-state index contributed by atoms with van der Waals surface area (Å²) >= 11 is 0. The summed E-state index contributed by atoms with van der Waals surface area (Å²) in [5.74, 6) is 2.83. The Balaban J connectivity index is 1.64. The van der Waals surface area contributed by atoms with Gasteiger partial charge in [0.15, 0.2) is 11.5 Å². The highest BCUT2D eigenvalue weighted by Crippen LogP contribution is 2.64. The van der Waals surface area contributed by atoms with Crippen molar-refractivity contribution in [3.05, 3.63) is 28.8 Å². The van der Waals surface area contributed by atoms with Crippen molar-refractivity contribution in [2.75, 3.05) is 6.54 Å². The Morgan fingerprint density at radius 2 is 1.58 bits per heavy atom. The number of phenolic OH excluding ortho intramolecular Hbond substituents is 2. The minimum absolute atomic E-state index is 0.0108. The third-order valence-electron chi connectivity index (χ3n) is 7.46. The molecule has 1 aromatic carbocycles. The van der Waals surface area contributed by atoms with Crippen molar-refractivity contribution >= 4 is 5.57 Å². The SMILES string of the molecule is NCC1=C(C23CC4CC(CC(C4)C2)C3)CCc2c1ccc(O)c2O. The number of rotatable bonds is 2. The van der Waals surface area contributed by atoms with Crippen LogP contribution < -0.4 is 5.73 Å². The lowest BCUT2D eigenvalue weighted by molar-refractivity contribution is -0.0319. The molecule has 3 nitrogen and oxygen atoms in total. The molecule has 4 N–H and O–H groups in total. The van der Waals surface area contributed by atoms with E-state index in [0.717, 1.165) is 41.7 Å². The molecular formula is C21H27NO2. The van der Waals surface area contributed by atoms with E-state index in [1.807, 2.05) is 6.07 Å². The van der Waals surface area contributed by atoms with Gasteiger partial charge in [0.1, 0.15) is 0 Å². The molecule has 0 unspecified atom stereocenters. The van der Waals surface area contributed by atoms with Crippen LogP contribution in [-0.2, 0) is 6.42 Å². The molecule has 4 saturated carbocycles. The van der Waals surface area contributed by atoms with Gasteiger partial charge >= 0.3 is 0 Å². The second-order valence-electron chi connectivity index (χ2n) is 8.82. The van der Waals surface area contributed by atoms with Crippen molar-refractivity contribution in [1.29, 1.82) is 0 Å². The molecular weight excluding hydrogens is 298 g/mol. The van der Waals surface area contributed by atoms with Gasteiger partial charge in [-0.1, -0.05) is 11.6 Å². The Labute approximate surface area is 143 Å². The quantitative estimate of drug-likeness (QED) is 0.721. The largest absolute Gasteiger partial charge is 0.504 e. The molecule has 128 valence electrons. The van der Waals surface area contributed by atoms with Gasteiger partial charge in [0.05, 0.1) is 0 Å². The number of aromatic hydroxyl groups is 2. The van der Waals surface area contributed by atoms with Gasteiger partial charge in [0, 0.05) is 12.1 Å². The molecule has 24 heavy (non-hydrogen) atoms. The Bertz CT molecular complexity index is 698. The van der Waals surface area contributed by atoms with E-state index in [-0.39, 0.29) is 11.5 Å². The first kappa shape index (κ1) is 14.8. The minimum Gasteiger partial charge on any atom is -0.504 e. The number of nitrogens with two attached hydrogens (primary N) is 1. The van der Waals surface area contributed by atoms with Crippen molar-refractivity contribution in [3.8, 4) is 11.5 Å². The lowest BCUT2D eigenvalue weighted by Gasteiger charge is -2.58. The van der Waals surface area contributed by atoms with Crippen LogP contribution in [0.25, 0.3) is 5.57 Å². The van der Waals surface area contributed by atoms with Crippen LogP contribution >= 0.6 is 0 Å². The zero-order valence-corrected chi connectivity index (χ0v) is 14.2. The van der Waals surface area contributed by atoms with Crippen LogP contribution in [0.5, 0.6) is 11.5 Å². The molecule has 0 saturated heterocycles. The average Bonchev–Trinajstić information content (AvgIpc) is 2.56. The summed E-state index contributed by atoms with van der Waals surface area (Å²) in [5.41, 5.74) is 11.4. The summed E-state index contributed by atoms with van der Waals surface area (Å²) in [6, 6.07) is 3.58. The van der Waals surface area contributed by atoms with Crippen LogP contribution in [0.2, 0.25) is 0 Å². The number of hydrogen-bond donors (Lipinski definition) is 3. The molecule has 5 aliphatic rings. The molecule has 0 spiro atoms. The average molecular weight is 325 g/mol. The van der Waals surface area contributed by atoms with Crippen LogP contribution in [0.4, 0.5) is 0 Å². The molecule has 5 aliphatic carbocycles. The number of phenols is 2. The Hall–Kier alpha value is -1.48. The molecule has 0 amide bonds. The highest BCUT2D eigenvalue weighted by atomic mass is 16.3. The lowest BCUT2D eigenvalue weighted by Crippen LogP contribution is -2.47. The summed E-state index contributed by atoms with van der Waals surface area (Å²) in [6.45, 7) is 0.536. The van der Waals surface area contributed by atoms with Crippen LogP contribution in [0.1, 0.15) is 56.1 Å². The van der Waals surface area contributed by atoms with E-state index in [4.69, 9.17) is 5.73 Å². The fourth-order valence-corrected chi connectivity index (χ4v) is 7.02. The van der Waals surface area contributed by atoms with E-state index in [0.29, 0.717) is 12.0 Å². The highest BCUT2D eigenvalue weighted by molar-refractivity contribution is 5.78. The summed E-state index contributed by atoms with van der Waals surface area (Å²) in [6.07, 6.45) is 10.3. The third kappa shape index (κ3) is 1.94. The monoisotopic (exact) mass is 325 g/mol. The van der Waals surface area contributed by atoms with Gasteiger partial charge in [-0.05, 0) is 91.7 Å². The standard InChI is InChI=1S/C21H27NO2/c22-11-17-15-2-4-19(23)20(24)16(15)1-3-18(17)21-8-12-5-13(9-21)7-14(6-12)10-21/h2,4,12-14,23-24H,1,3,5-11,22H2. The molecule has 0 aliphatic heterocycles. The Morgan fingerprint density at radius 1 is 0.958 bits per heavy atom.